The molecule has 0 spiro atoms. The van der Waals surface area contributed by atoms with Crippen LogP contribution in [0.4, 0.5) is 5.69 Å². The number of aromatic nitrogens is 3. The summed E-state index contributed by atoms with van der Waals surface area (Å²) < 4.78 is 1.60. The minimum absolute atomic E-state index is 0.0607. The summed E-state index contributed by atoms with van der Waals surface area (Å²) in [5.41, 5.74) is 0.481. The van der Waals surface area contributed by atoms with Crippen molar-refractivity contribution < 1.29 is 4.92 Å². The zero-order valence-electron chi connectivity index (χ0n) is 15.8. The van der Waals surface area contributed by atoms with Crippen molar-refractivity contribution in [2.45, 2.75) is 49.8 Å². The van der Waals surface area contributed by atoms with Crippen LogP contribution in [0.15, 0.2) is 27.1 Å². The highest BCUT2D eigenvalue weighted by Gasteiger charge is 2.25. The van der Waals surface area contributed by atoms with E-state index in [2.05, 4.69) is 11.9 Å². The van der Waals surface area contributed by atoms with Gasteiger partial charge in [0.05, 0.1) is 10.3 Å². The number of nitriles is 1. The van der Waals surface area contributed by atoms with Crippen LogP contribution in [-0.4, -0.2) is 19.5 Å². The number of rotatable bonds is 4. The molecule has 1 aliphatic carbocycles. The van der Waals surface area contributed by atoms with Gasteiger partial charge in [0.25, 0.3) is 5.56 Å². The quantitative estimate of drug-likeness (QED) is 0.352. The van der Waals surface area contributed by atoms with E-state index in [-0.39, 0.29) is 16.9 Å². The highest BCUT2D eigenvalue weighted by molar-refractivity contribution is 7.99. The Labute approximate surface area is 174 Å². The van der Waals surface area contributed by atoms with Gasteiger partial charge in [0.15, 0.2) is 5.16 Å². The third-order valence-electron chi connectivity index (χ3n) is 5.04. The molecule has 1 unspecified atom stereocenters. The van der Waals surface area contributed by atoms with Gasteiger partial charge in [0.2, 0.25) is 5.69 Å². The predicted molar refractivity (Wildman–Crippen MR) is 110 cm³/mol. The van der Waals surface area contributed by atoms with Crippen LogP contribution in [0.25, 0.3) is 10.2 Å². The highest BCUT2D eigenvalue weighted by atomic mass is 32.2. The topological polar surface area (TPSA) is 115 Å². The van der Waals surface area contributed by atoms with Crippen LogP contribution >= 0.6 is 23.1 Å². The fourth-order valence-corrected chi connectivity index (χ4v) is 5.93. The Morgan fingerprint density at radius 1 is 1.45 bits per heavy atom. The molecule has 1 aliphatic rings. The molecule has 0 aromatic carbocycles. The molecule has 148 valence electrons. The van der Waals surface area contributed by atoms with Crippen molar-refractivity contribution in [3.63, 3.8) is 0 Å². The molecule has 3 aromatic rings. The summed E-state index contributed by atoms with van der Waals surface area (Å²) in [7, 11) is 0. The molecule has 8 nitrogen and oxygen atoms in total. The van der Waals surface area contributed by atoms with Gasteiger partial charge in [0.1, 0.15) is 15.9 Å². The van der Waals surface area contributed by atoms with Crippen LogP contribution in [0.1, 0.15) is 36.4 Å². The van der Waals surface area contributed by atoms with Gasteiger partial charge in [-0.2, -0.15) is 5.26 Å². The van der Waals surface area contributed by atoms with E-state index in [1.165, 1.54) is 17.0 Å². The molecule has 3 heterocycles. The van der Waals surface area contributed by atoms with Gasteiger partial charge in [-0.3, -0.25) is 19.5 Å². The third-order valence-corrected chi connectivity index (χ3v) is 7.12. The second-order valence-electron chi connectivity index (χ2n) is 6.96. The average molecular weight is 428 g/mol. The van der Waals surface area contributed by atoms with Gasteiger partial charge < -0.3 is 0 Å². The molecule has 0 saturated carbocycles. The normalized spacial score (nSPS) is 15.8. The van der Waals surface area contributed by atoms with Crippen molar-refractivity contribution in [3.8, 4) is 6.07 Å². The Balaban J connectivity index is 1.81. The number of fused-ring (bicyclic) bond motifs is 3. The van der Waals surface area contributed by atoms with E-state index >= 15 is 0 Å². The van der Waals surface area contributed by atoms with Crippen LogP contribution < -0.4 is 5.56 Å². The summed E-state index contributed by atoms with van der Waals surface area (Å²) in [4.78, 5) is 34.4. The number of aryl methyl sites for hydroxylation is 1. The molecule has 29 heavy (non-hydrogen) atoms. The van der Waals surface area contributed by atoms with Crippen molar-refractivity contribution in [1.82, 2.24) is 14.5 Å². The lowest BCUT2D eigenvalue weighted by Crippen LogP contribution is -2.23. The molecule has 0 N–H and O–H groups in total. The third kappa shape index (κ3) is 3.41. The SMILES string of the molecule is CCn1c(Sc2ccc([N+](=O)[O-])c(C#N)n2)nc2sc3c(c2c1=O)CCC(C)C3. The summed E-state index contributed by atoms with van der Waals surface area (Å²) in [5, 5.41) is 21.8. The lowest BCUT2D eigenvalue weighted by atomic mass is 9.89. The molecule has 3 aromatic heterocycles. The van der Waals surface area contributed by atoms with E-state index in [4.69, 9.17) is 10.2 Å². The first-order chi connectivity index (χ1) is 13.9. The number of nitrogens with zero attached hydrogens (tertiary/aromatic N) is 5. The fourth-order valence-electron chi connectivity index (χ4n) is 3.58. The summed E-state index contributed by atoms with van der Waals surface area (Å²) in [6.07, 6.45) is 2.95. The highest BCUT2D eigenvalue weighted by Crippen LogP contribution is 2.37. The number of hydrogen-bond donors (Lipinski definition) is 0. The number of pyridine rings is 1. The second kappa shape index (κ2) is 7.57. The second-order valence-corrected chi connectivity index (χ2v) is 9.04. The maximum Gasteiger partial charge on any atom is 0.305 e. The van der Waals surface area contributed by atoms with Gasteiger partial charge in [-0.15, -0.1) is 11.3 Å². The molecular weight excluding hydrogens is 410 g/mol. The van der Waals surface area contributed by atoms with Crippen LogP contribution in [0.2, 0.25) is 0 Å². The zero-order valence-corrected chi connectivity index (χ0v) is 17.5. The molecular formula is C19H17N5O3S2. The van der Waals surface area contributed by atoms with Gasteiger partial charge in [0, 0.05) is 17.5 Å². The fraction of sp³-hybridized carbons (Fsp3) is 0.368. The summed E-state index contributed by atoms with van der Waals surface area (Å²) in [5.74, 6) is 0.603. The molecule has 0 fully saturated rings. The lowest BCUT2D eigenvalue weighted by molar-refractivity contribution is -0.385. The Morgan fingerprint density at radius 3 is 2.93 bits per heavy atom. The number of nitro groups is 1. The van der Waals surface area contributed by atoms with Crippen molar-refractivity contribution in [2.75, 3.05) is 0 Å². The summed E-state index contributed by atoms with van der Waals surface area (Å²) >= 11 is 2.71. The molecule has 4 rings (SSSR count). The maximum atomic E-state index is 13.2. The number of hydrogen-bond acceptors (Lipinski definition) is 8. The lowest BCUT2D eigenvalue weighted by Gasteiger charge is -2.17. The smallest absolute Gasteiger partial charge is 0.287 e. The molecule has 0 radical (unpaired) electrons. The van der Waals surface area contributed by atoms with Crippen LogP contribution in [0.5, 0.6) is 0 Å². The molecule has 0 bridgehead atoms. The Morgan fingerprint density at radius 2 is 2.24 bits per heavy atom. The van der Waals surface area contributed by atoms with Crippen molar-refractivity contribution in [1.29, 1.82) is 5.26 Å². The van der Waals surface area contributed by atoms with E-state index in [0.717, 1.165) is 46.8 Å². The van der Waals surface area contributed by atoms with Crippen LogP contribution in [0.3, 0.4) is 0 Å². The minimum atomic E-state index is -0.635. The van der Waals surface area contributed by atoms with E-state index < -0.39 is 4.92 Å². The Kier molecular flexibility index (Phi) is 5.10. The van der Waals surface area contributed by atoms with Crippen molar-refractivity contribution in [2.24, 2.45) is 5.92 Å². The maximum absolute atomic E-state index is 13.2. The van der Waals surface area contributed by atoms with Crippen LogP contribution in [0, 0.1) is 27.4 Å². The van der Waals surface area contributed by atoms with E-state index in [9.17, 15) is 14.9 Å². The average Bonchev–Trinajstić information content (AvgIpc) is 3.05. The monoisotopic (exact) mass is 427 g/mol. The van der Waals surface area contributed by atoms with Gasteiger partial charge in [-0.05, 0) is 55.5 Å². The van der Waals surface area contributed by atoms with E-state index in [1.807, 2.05) is 6.92 Å². The molecule has 1 atom stereocenters. The molecule has 10 heteroatoms. The first kappa shape index (κ1) is 19.5. The van der Waals surface area contributed by atoms with Gasteiger partial charge in [-0.1, -0.05) is 6.92 Å². The Hall–Kier alpha value is -2.77. The number of thiophene rings is 1. The molecule has 0 aliphatic heterocycles. The van der Waals surface area contributed by atoms with Crippen molar-refractivity contribution >= 4 is 39.0 Å². The summed E-state index contributed by atoms with van der Waals surface area (Å²) in [6, 6.07) is 4.49. The predicted octanol–water partition coefficient (Wildman–Crippen LogP) is 3.93. The minimum Gasteiger partial charge on any atom is -0.287 e. The zero-order chi connectivity index (χ0) is 20.7. The standard InChI is InChI=1S/C19H17N5O3S2/c1-3-23-18(25)16-11-5-4-10(2)8-14(11)28-17(16)22-19(23)29-15-7-6-13(24(26)27)12(9-20)21-15/h6-7,10H,3-5,8H2,1-2H3. The molecule has 0 amide bonds. The first-order valence-electron chi connectivity index (χ1n) is 9.21. The van der Waals surface area contributed by atoms with Gasteiger partial charge >= 0.3 is 5.69 Å². The first-order valence-corrected chi connectivity index (χ1v) is 10.8. The Bertz CT molecular complexity index is 1240. The van der Waals surface area contributed by atoms with Crippen LogP contribution in [-0.2, 0) is 19.4 Å². The molecule has 0 saturated heterocycles. The van der Waals surface area contributed by atoms with Crippen molar-refractivity contribution in [3.05, 3.63) is 48.7 Å². The van der Waals surface area contributed by atoms with E-state index in [1.54, 1.807) is 22.0 Å². The largest absolute Gasteiger partial charge is 0.305 e. The summed E-state index contributed by atoms with van der Waals surface area (Å²) in [6.45, 7) is 4.55. The van der Waals surface area contributed by atoms with Gasteiger partial charge in [-0.25, -0.2) is 9.97 Å². The van der Waals surface area contributed by atoms with E-state index in [0.29, 0.717) is 22.6 Å².